The van der Waals surface area contributed by atoms with Gasteiger partial charge in [-0.05, 0) is 42.0 Å². The highest BCUT2D eigenvalue weighted by atomic mass is 32.2. The molecule has 5 nitrogen and oxygen atoms in total. The Morgan fingerprint density at radius 3 is 2.15 bits per heavy atom. The smallest absolute Gasteiger partial charge is 0.240 e. The molecule has 0 radical (unpaired) electrons. The van der Waals surface area contributed by atoms with Crippen LogP contribution in [-0.2, 0) is 16.6 Å². The van der Waals surface area contributed by atoms with Crippen molar-refractivity contribution in [2.24, 2.45) is 0 Å². The third-order valence-electron chi connectivity index (χ3n) is 2.90. The van der Waals surface area contributed by atoms with Crippen LogP contribution in [0.2, 0.25) is 0 Å². The van der Waals surface area contributed by atoms with Gasteiger partial charge in [-0.1, -0.05) is 12.1 Å². The maximum Gasteiger partial charge on any atom is 0.240 e. The fraction of sp³-hybridized carbons (Fsp3) is 0.143. The molecule has 4 N–H and O–H groups in total. The molecule has 6 heteroatoms. The zero-order valence-corrected chi connectivity index (χ0v) is 11.9. The Balaban J connectivity index is 2.08. The van der Waals surface area contributed by atoms with Crippen molar-refractivity contribution in [3.63, 3.8) is 0 Å². The third-order valence-corrected chi connectivity index (χ3v) is 4.32. The number of sulfonamides is 1. The van der Waals surface area contributed by atoms with Crippen molar-refractivity contribution >= 4 is 21.4 Å². The topological polar surface area (TPSA) is 84.2 Å². The minimum Gasteiger partial charge on any atom is -0.399 e. The Morgan fingerprint density at radius 2 is 1.60 bits per heavy atom. The molecule has 0 fully saturated rings. The predicted octanol–water partition coefficient (Wildman–Crippen LogP) is 1.79. The molecule has 0 aromatic heterocycles. The zero-order chi connectivity index (χ0) is 14.6. The van der Waals surface area contributed by atoms with Gasteiger partial charge in [-0.25, -0.2) is 13.1 Å². The lowest BCUT2D eigenvalue weighted by Crippen LogP contribution is -2.23. The van der Waals surface area contributed by atoms with Gasteiger partial charge in [0, 0.05) is 25.0 Å². The molecular formula is C14H17N3O2S. The molecule has 2 aromatic rings. The second kappa shape index (κ2) is 5.94. The first kappa shape index (κ1) is 14.4. The molecule has 0 aliphatic carbocycles. The molecule has 0 saturated carbocycles. The normalized spacial score (nSPS) is 11.2. The number of anilines is 2. The van der Waals surface area contributed by atoms with Crippen molar-refractivity contribution in [1.29, 1.82) is 0 Å². The molecular weight excluding hydrogens is 274 g/mol. The third kappa shape index (κ3) is 3.49. The first-order valence-corrected chi connectivity index (χ1v) is 7.61. The van der Waals surface area contributed by atoms with E-state index in [4.69, 9.17) is 5.73 Å². The number of hydrogen-bond acceptors (Lipinski definition) is 4. The van der Waals surface area contributed by atoms with Gasteiger partial charge in [-0.3, -0.25) is 0 Å². The van der Waals surface area contributed by atoms with Gasteiger partial charge < -0.3 is 11.1 Å². The van der Waals surface area contributed by atoms with Crippen LogP contribution < -0.4 is 15.8 Å². The van der Waals surface area contributed by atoms with Crippen molar-refractivity contribution in [2.45, 2.75) is 11.4 Å². The van der Waals surface area contributed by atoms with Crippen LogP contribution in [-0.4, -0.2) is 15.5 Å². The molecule has 2 rings (SSSR count). The summed E-state index contributed by atoms with van der Waals surface area (Å²) in [5.74, 6) is 0. The molecule has 0 unspecified atom stereocenters. The molecule has 20 heavy (non-hydrogen) atoms. The summed E-state index contributed by atoms with van der Waals surface area (Å²) in [7, 11) is -1.72. The SMILES string of the molecule is CNc1ccc(S(=O)(=O)NCc2ccc(N)cc2)cc1. The van der Waals surface area contributed by atoms with E-state index in [9.17, 15) is 8.42 Å². The molecule has 0 atom stereocenters. The van der Waals surface area contributed by atoms with Gasteiger partial charge >= 0.3 is 0 Å². The van der Waals surface area contributed by atoms with E-state index in [0.717, 1.165) is 11.3 Å². The van der Waals surface area contributed by atoms with Crippen LogP contribution in [0.25, 0.3) is 0 Å². The van der Waals surface area contributed by atoms with Crippen molar-refractivity contribution in [3.05, 3.63) is 54.1 Å². The van der Waals surface area contributed by atoms with Crippen molar-refractivity contribution in [1.82, 2.24) is 4.72 Å². The maximum absolute atomic E-state index is 12.1. The molecule has 106 valence electrons. The van der Waals surface area contributed by atoms with Gasteiger partial charge in [0.25, 0.3) is 0 Å². The largest absolute Gasteiger partial charge is 0.399 e. The summed E-state index contributed by atoms with van der Waals surface area (Å²) in [4.78, 5) is 0.243. The van der Waals surface area contributed by atoms with Crippen LogP contribution in [0.5, 0.6) is 0 Å². The lowest BCUT2D eigenvalue weighted by molar-refractivity contribution is 0.581. The molecule has 0 aliphatic heterocycles. The summed E-state index contributed by atoms with van der Waals surface area (Å²) in [5, 5.41) is 2.94. The number of nitrogens with one attached hydrogen (secondary N) is 2. The van der Waals surface area contributed by atoms with Crippen LogP contribution in [0.4, 0.5) is 11.4 Å². The summed E-state index contributed by atoms with van der Waals surface area (Å²) in [6.07, 6.45) is 0. The monoisotopic (exact) mass is 291 g/mol. The number of nitrogen functional groups attached to an aromatic ring is 1. The summed E-state index contributed by atoms with van der Waals surface area (Å²) < 4.78 is 26.8. The van der Waals surface area contributed by atoms with Crippen LogP contribution in [0, 0.1) is 0 Å². The minimum atomic E-state index is -3.50. The Labute approximate surface area is 118 Å². The van der Waals surface area contributed by atoms with Crippen molar-refractivity contribution in [2.75, 3.05) is 18.1 Å². The van der Waals surface area contributed by atoms with Gasteiger partial charge in [0.2, 0.25) is 10.0 Å². The van der Waals surface area contributed by atoms with Gasteiger partial charge in [0.15, 0.2) is 0 Å². The van der Waals surface area contributed by atoms with E-state index in [-0.39, 0.29) is 11.4 Å². The molecule has 0 heterocycles. The van der Waals surface area contributed by atoms with E-state index in [1.807, 2.05) is 0 Å². The van der Waals surface area contributed by atoms with Crippen LogP contribution in [0.3, 0.4) is 0 Å². The van der Waals surface area contributed by atoms with E-state index in [1.54, 1.807) is 55.6 Å². The van der Waals surface area contributed by atoms with Crippen molar-refractivity contribution in [3.8, 4) is 0 Å². The number of nitrogens with two attached hydrogens (primary N) is 1. The van der Waals surface area contributed by atoms with E-state index in [2.05, 4.69) is 10.0 Å². The Hall–Kier alpha value is -2.05. The highest BCUT2D eigenvalue weighted by Crippen LogP contribution is 2.14. The zero-order valence-electron chi connectivity index (χ0n) is 11.1. The molecule has 0 saturated heterocycles. The quantitative estimate of drug-likeness (QED) is 0.733. The molecule has 2 aromatic carbocycles. The minimum absolute atomic E-state index is 0.233. The second-order valence-corrected chi connectivity index (χ2v) is 6.11. The lowest BCUT2D eigenvalue weighted by Gasteiger charge is -2.08. The first-order valence-electron chi connectivity index (χ1n) is 6.13. The highest BCUT2D eigenvalue weighted by molar-refractivity contribution is 7.89. The Morgan fingerprint density at radius 1 is 1.00 bits per heavy atom. The first-order chi connectivity index (χ1) is 9.51. The van der Waals surface area contributed by atoms with Crippen LogP contribution in [0.1, 0.15) is 5.56 Å². The van der Waals surface area contributed by atoms with E-state index >= 15 is 0 Å². The van der Waals surface area contributed by atoms with E-state index in [1.165, 1.54) is 0 Å². The molecule has 0 bridgehead atoms. The molecule has 0 amide bonds. The van der Waals surface area contributed by atoms with Crippen LogP contribution in [0.15, 0.2) is 53.4 Å². The van der Waals surface area contributed by atoms with Gasteiger partial charge in [0.05, 0.1) is 4.90 Å². The van der Waals surface area contributed by atoms with Crippen LogP contribution >= 0.6 is 0 Å². The average Bonchev–Trinajstić information content (AvgIpc) is 2.47. The summed E-state index contributed by atoms with van der Waals surface area (Å²) in [5.41, 5.74) is 7.95. The van der Waals surface area contributed by atoms with Gasteiger partial charge in [0.1, 0.15) is 0 Å². The molecule has 0 spiro atoms. The van der Waals surface area contributed by atoms with Gasteiger partial charge in [-0.2, -0.15) is 0 Å². The second-order valence-electron chi connectivity index (χ2n) is 4.34. The summed E-state index contributed by atoms with van der Waals surface area (Å²) >= 11 is 0. The number of rotatable bonds is 5. The highest BCUT2D eigenvalue weighted by Gasteiger charge is 2.13. The Bertz CT molecular complexity index is 665. The standard InChI is InChI=1S/C14H17N3O2S/c1-16-13-6-8-14(9-7-13)20(18,19)17-10-11-2-4-12(15)5-3-11/h2-9,16-17H,10,15H2,1H3. The summed E-state index contributed by atoms with van der Waals surface area (Å²) in [6, 6.07) is 13.6. The van der Waals surface area contributed by atoms with Gasteiger partial charge in [-0.15, -0.1) is 0 Å². The van der Waals surface area contributed by atoms with Crippen molar-refractivity contribution < 1.29 is 8.42 Å². The summed E-state index contributed by atoms with van der Waals surface area (Å²) in [6.45, 7) is 0.233. The van der Waals surface area contributed by atoms with E-state index < -0.39 is 10.0 Å². The fourth-order valence-electron chi connectivity index (χ4n) is 1.70. The predicted molar refractivity (Wildman–Crippen MR) is 80.9 cm³/mol. The molecule has 0 aliphatic rings. The lowest BCUT2D eigenvalue weighted by atomic mass is 10.2. The number of hydrogen-bond donors (Lipinski definition) is 3. The number of benzene rings is 2. The fourth-order valence-corrected chi connectivity index (χ4v) is 2.72. The maximum atomic E-state index is 12.1. The Kier molecular flexibility index (Phi) is 4.26. The average molecular weight is 291 g/mol. The van der Waals surface area contributed by atoms with E-state index in [0.29, 0.717) is 5.69 Å².